The van der Waals surface area contributed by atoms with Gasteiger partial charge in [-0.05, 0) is 25.7 Å². The van der Waals surface area contributed by atoms with Gasteiger partial charge in [0.2, 0.25) is 0 Å². The molecule has 0 aromatic heterocycles. The third-order valence-electron chi connectivity index (χ3n) is 3.72. The van der Waals surface area contributed by atoms with E-state index in [2.05, 4.69) is 0 Å². The molecule has 1 fully saturated rings. The van der Waals surface area contributed by atoms with Crippen molar-refractivity contribution in [3.63, 3.8) is 0 Å². The molecule has 0 saturated carbocycles. The molecule has 1 N–H and O–H groups in total. The van der Waals surface area contributed by atoms with Crippen LogP contribution in [0.1, 0.15) is 33.1 Å². The van der Waals surface area contributed by atoms with Gasteiger partial charge in [-0.15, -0.1) is 0 Å². The van der Waals surface area contributed by atoms with E-state index in [4.69, 9.17) is 4.74 Å². The lowest BCUT2D eigenvalue weighted by Crippen LogP contribution is -2.55. The molecular formula is C14H24N2O5. The summed E-state index contributed by atoms with van der Waals surface area (Å²) in [6.45, 7) is 4.52. The molecule has 1 aliphatic heterocycles. The van der Waals surface area contributed by atoms with Crippen molar-refractivity contribution in [3.8, 4) is 0 Å². The smallest absolute Gasteiger partial charge is 0.326 e. The topological polar surface area (TPSA) is 87.2 Å². The Kier molecular flexibility index (Phi) is 6.45. The van der Waals surface area contributed by atoms with Crippen LogP contribution in [-0.4, -0.2) is 65.7 Å². The van der Waals surface area contributed by atoms with Gasteiger partial charge in [0, 0.05) is 20.1 Å². The van der Waals surface area contributed by atoms with E-state index in [0.717, 1.165) is 12.8 Å². The Bertz CT molecular complexity index is 399. The Morgan fingerprint density at radius 2 is 2.05 bits per heavy atom. The number of aliphatic carboxylic acids is 1. The van der Waals surface area contributed by atoms with Crippen molar-refractivity contribution in [1.29, 1.82) is 0 Å². The van der Waals surface area contributed by atoms with Gasteiger partial charge in [0.05, 0.1) is 13.0 Å². The first-order valence-electron chi connectivity index (χ1n) is 7.28. The van der Waals surface area contributed by atoms with E-state index >= 15 is 0 Å². The van der Waals surface area contributed by atoms with Crippen molar-refractivity contribution in [2.45, 2.75) is 39.2 Å². The molecule has 0 spiro atoms. The summed E-state index contributed by atoms with van der Waals surface area (Å²) in [7, 11) is 1.57. The molecule has 2 amide bonds. The average molecular weight is 300 g/mol. The van der Waals surface area contributed by atoms with Crippen LogP contribution in [0.5, 0.6) is 0 Å². The molecule has 120 valence electrons. The summed E-state index contributed by atoms with van der Waals surface area (Å²) in [5.41, 5.74) is 0. The van der Waals surface area contributed by atoms with Crippen LogP contribution < -0.4 is 0 Å². The van der Waals surface area contributed by atoms with Crippen molar-refractivity contribution in [2.75, 3.05) is 26.7 Å². The van der Waals surface area contributed by atoms with Crippen molar-refractivity contribution >= 4 is 18.0 Å². The van der Waals surface area contributed by atoms with E-state index in [9.17, 15) is 19.5 Å². The molecule has 2 atom stereocenters. The highest BCUT2D eigenvalue weighted by Gasteiger charge is 2.38. The zero-order valence-electron chi connectivity index (χ0n) is 12.9. The van der Waals surface area contributed by atoms with Gasteiger partial charge in [0.15, 0.2) is 0 Å². The summed E-state index contributed by atoms with van der Waals surface area (Å²) >= 11 is 0. The molecule has 0 bridgehead atoms. The van der Waals surface area contributed by atoms with E-state index in [1.807, 2.05) is 6.92 Å². The highest BCUT2D eigenvalue weighted by molar-refractivity contribution is 5.83. The fourth-order valence-electron chi connectivity index (χ4n) is 2.59. The molecular weight excluding hydrogens is 276 g/mol. The first kappa shape index (κ1) is 17.3. The van der Waals surface area contributed by atoms with Gasteiger partial charge in [-0.2, -0.15) is 0 Å². The predicted octanol–water partition coefficient (Wildman–Crippen LogP) is 1.18. The summed E-state index contributed by atoms with van der Waals surface area (Å²) in [6, 6.07) is -1.14. The van der Waals surface area contributed by atoms with Gasteiger partial charge >= 0.3 is 18.0 Å². The van der Waals surface area contributed by atoms with Crippen LogP contribution in [0.3, 0.4) is 0 Å². The molecule has 21 heavy (non-hydrogen) atoms. The van der Waals surface area contributed by atoms with E-state index in [-0.39, 0.29) is 30.9 Å². The van der Waals surface area contributed by atoms with Crippen molar-refractivity contribution < 1.29 is 24.2 Å². The third-order valence-corrected chi connectivity index (χ3v) is 3.72. The van der Waals surface area contributed by atoms with E-state index in [1.54, 1.807) is 14.0 Å². The largest absolute Gasteiger partial charge is 0.480 e. The number of amides is 2. The molecule has 1 heterocycles. The summed E-state index contributed by atoms with van der Waals surface area (Å²) < 4.78 is 4.81. The Labute approximate surface area is 124 Å². The van der Waals surface area contributed by atoms with Crippen LogP contribution in [0.4, 0.5) is 4.79 Å². The quantitative estimate of drug-likeness (QED) is 0.770. The number of carboxylic acids is 1. The lowest BCUT2D eigenvalue weighted by atomic mass is 9.91. The van der Waals surface area contributed by atoms with E-state index in [1.165, 1.54) is 9.80 Å². The zero-order valence-corrected chi connectivity index (χ0v) is 12.9. The number of carbonyl (C=O) groups is 3. The monoisotopic (exact) mass is 300 g/mol. The predicted molar refractivity (Wildman–Crippen MR) is 75.8 cm³/mol. The number of ether oxygens (including phenoxy) is 1. The number of likely N-dealkylation sites (tertiary alicyclic amines) is 1. The summed E-state index contributed by atoms with van der Waals surface area (Å²) in [6.07, 6.45) is 1.70. The van der Waals surface area contributed by atoms with Crippen LogP contribution in [0.2, 0.25) is 0 Å². The second-order valence-corrected chi connectivity index (χ2v) is 5.36. The highest BCUT2D eigenvalue weighted by atomic mass is 16.5. The molecule has 7 heteroatoms. The normalized spacial score (nSPS) is 21.8. The minimum absolute atomic E-state index is 0.0707. The number of carboxylic acid groups (broad SMARTS) is 1. The number of urea groups is 1. The number of esters is 1. The number of hydrogen-bond acceptors (Lipinski definition) is 4. The van der Waals surface area contributed by atoms with E-state index in [0.29, 0.717) is 13.2 Å². The molecule has 0 aromatic rings. The second kappa shape index (κ2) is 7.85. The first-order chi connectivity index (χ1) is 9.88. The van der Waals surface area contributed by atoms with Crippen LogP contribution >= 0.6 is 0 Å². The van der Waals surface area contributed by atoms with Crippen LogP contribution in [0, 0.1) is 5.92 Å². The molecule has 1 saturated heterocycles. The lowest BCUT2D eigenvalue weighted by Gasteiger charge is -2.39. The van der Waals surface area contributed by atoms with Crippen molar-refractivity contribution in [3.05, 3.63) is 0 Å². The van der Waals surface area contributed by atoms with Gasteiger partial charge in [-0.3, -0.25) is 4.79 Å². The van der Waals surface area contributed by atoms with Crippen molar-refractivity contribution in [2.24, 2.45) is 5.92 Å². The van der Waals surface area contributed by atoms with Gasteiger partial charge in [-0.1, -0.05) is 6.92 Å². The maximum absolute atomic E-state index is 12.4. The lowest BCUT2D eigenvalue weighted by molar-refractivity contribution is -0.146. The third kappa shape index (κ3) is 4.61. The van der Waals surface area contributed by atoms with E-state index < -0.39 is 12.0 Å². The van der Waals surface area contributed by atoms with Gasteiger partial charge in [0.25, 0.3) is 0 Å². The molecule has 1 rings (SSSR count). The summed E-state index contributed by atoms with van der Waals surface area (Å²) in [5, 5.41) is 9.31. The zero-order chi connectivity index (χ0) is 16.0. The summed E-state index contributed by atoms with van der Waals surface area (Å²) in [5.74, 6) is -1.41. The minimum atomic E-state index is -0.977. The number of piperidine rings is 1. The Morgan fingerprint density at radius 3 is 2.62 bits per heavy atom. The van der Waals surface area contributed by atoms with Crippen LogP contribution in [-0.2, 0) is 14.3 Å². The fraction of sp³-hybridized carbons (Fsp3) is 0.786. The molecule has 2 unspecified atom stereocenters. The Morgan fingerprint density at radius 1 is 1.38 bits per heavy atom. The number of carbonyl (C=O) groups excluding carboxylic acids is 2. The minimum Gasteiger partial charge on any atom is -0.480 e. The van der Waals surface area contributed by atoms with Crippen LogP contribution in [0.25, 0.3) is 0 Å². The standard InChI is InChI=1S/C14H24N2O5/c1-4-21-11(17)7-9-15(3)14(20)16-8-5-6-10(2)12(16)13(18)19/h10,12H,4-9H2,1-3H3,(H,18,19). The summed E-state index contributed by atoms with van der Waals surface area (Å²) in [4.78, 5) is 37.8. The molecule has 0 aliphatic carbocycles. The maximum atomic E-state index is 12.4. The SMILES string of the molecule is CCOC(=O)CCN(C)C(=O)N1CCCC(C)C1C(=O)O. The average Bonchev–Trinajstić information content (AvgIpc) is 2.43. The molecule has 1 aliphatic rings. The second-order valence-electron chi connectivity index (χ2n) is 5.36. The number of rotatable bonds is 5. The van der Waals surface area contributed by atoms with Crippen LogP contribution in [0.15, 0.2) is 0 Å². The van der Waals surface area contributed by atoms with Crippen molar-refractivity contribution in [1.82, 2.24) is 9.80 Å². The van der Waals surface area contributed by atoms with Gasteiger partial charge in [-0.25, -0.2) is 9.59 Å². The maximum Gasteiger partial charge on any atom is 0.326 e. The van der Waals surface area contributed by atoms with Gasteiger partial charge < -0.3 is 19.6 Å². The first-order valence-corrected chi connectivity index (χ1v) is 7.28. The Balaban J connectivity index is 2.62. The molecule has 0 radical (unpaired) electrons. The molecule has 7 nitrogen and oxygen atoms in total. The number of nitrogens with zero attached hydrogens (tertiary/aromatic N) is 2. The fourth-order valence-corrected chi connectivity index (χ4v) is 2.59. The molecule has 0 aromatic carbocycles. The highest BCUT2D eigenvalue weighted by Crippen LogP contribution is 2.24. The Hall–Kier alpha value is -1.79. The number of hydrogen-bond donors (Lipinski definition) is 1. The van der Waals surface area contributed by atoms with Gasteiger partial charge in [0.1, 0.15) is 6.04 Å².